The van der Waals surface area contributed by atoms with Crippen molar-refractivity contribution in [1.82, 2.24) is 4.98 Å². The Morgan fingerprint density at radius 3 is 2.58 bits per heavy atom. The Bertz CT molecular complexity index is 1100. The van der Waals surface area contributed by atoms with Crippen LogP contribution >= 0.6 is 0 Å². The summed E-state index contributed by atoms with van der Waals surface area (Å²) in [5, 5.41) is 30.2. The molecule has 0 aliphatic heterocycles. The summed E-state index contributed by atoms with van der Waals surface area (Å²) in [4.78, 5) is 15.7. The van der Waals surface area contributed by atoms with E-state index in [0.717, 1.165) is 24.2 Å². The van der Waals surface area contributed by atoms with Gasteiger partial charge in [0.05, 0.1) is 30.1 Å². The summed E-state index contributed by atoms with van der Waals surface area (Å²) < 4.78 is 5.71. The fourth-order valence-corrected chi connectivity index (χ4v) is 3.32. The predicted molar refractivity (Wildman–Crippen MR) is 127 cm³/mol. The van der Waals surface area contributed by atoms with Gasteiger partial charge in [0.1, 0.15) is 5.75 Å². The van der Waals surface area contributed by atoms with Gasteiger partial charge in [-0.25, -0.2) is 4.79 Å². The van der Waals surface area contributed by atoms with Gasteiger partial charge in [0.2, 0.25) is 0 Å². The van der Waals surface area contributed by atoms with Gasteiger partial charge < -0.3 is 20.1 Å². The maximum absolute atomic E-state index is 11.2. The van der Waals surface area contributed by atoms with Crippen molar-refractivity contribution < 1.29 is 24.9 Å². The fraction of sp³-hybridized carbons (Fsp3) is 0.259. The van der Waals surface area contributed by atoms with Gasteiger partial charge in [0, 0.05) is 12.1 Å². The number of pyridine rings is 1. The number of rotatable bonds is 11. The third kappa shape index (κ3) is 7.27. The Kier molecular flexibility index (Phi) is 8.75. The molecule has 2 unspecified atom stereocenters. The zero-order chi connectivity index (χ0) is 23.6. The molecule has 0 fully saturated rings. The summed E-state index contributed by atoms with van der Waals surface area (Å²) in [5.74, 6) is -0.305. The van der Waals surface area contributed by atoms with E-state index in [1.54, 1.807) is 30.4 Å². The van der Waals surface area contributed by atoms with Gasteiger partial charge >= 0.3 is 5.97 Å². The number of unbranched alkanes of at least 4 members (excludes halogenated alkanes) is 1. The van der Waals surface area contributed by atoms with Crippen LogP contribution in [0.1, 0.15) is 64.8 Å². The number of hydrogen-bond acceptors (Lipinski definition) is 5. The first-order valence-electron chi connectivity index (χ1n) is 11.0. The molecule has 33 heavy (non-hydrogen) atoms. The maximum atomic E-state index is 11.2. The minimum Gasteiger partial charge on any atom is -0.494 e. The van der Waals surface area contributed by atoms with Crippen LogP contribution in [0.25, 0.3) is 6.08 Å². The highest BCUT2D eigenvalue weighted by atomic mass is 16.5. The lowest BCUT2D eigenvalue weighted by Crippen LogP contribution is -2.06. The number of hydrogen-bond donors (Lipinski definition) is 3. The summed E-state index contributed by atoms with van der Waals surface area (Å²) in [6.07, 6.45) is 3.98. The molecule has 0 aliphatic carbocycles. The van der Waals surface area contributed by atoms with Crippen molar-refractivity contribution in [2.24, 2.45) is 0 Å². The summed E-state index contributed by atoms with van der Waals surface area (Å²) in [6, 6.07) is 19.1. The van der Waals surface area contributed by atoms with Crippen LogP contribution in [0.3, 0.4) is 0 Å². The van der Waals surface area contributed by atoms with Crippen LogP contribution in [0.4, 0.5) is 0 Å². The molecular weight excluding hydrogens is 418 g/mol. The summed E-state index contributed by atoms with van der Waals surface area (Å²) in [6.45, 7) is 2.75. The number of aromatic nitrogens is 1. The van der Waals surface area contributed by atoms with Gasteiger partial charge in [-0.3, -0.25) is 4.98 Å². The molecule has 1 heterocycles. The topological polar surface area (TPSA) is 99.9 Å². The third-order valence-electron chi connectivity index (χ3n) is 5.16. The molecule has 3 rings (SSSR count). The third-order valence-corrected chi connectivity index (χ3v) is 5.16. The molecule has 3 aromatic rings. The van der Waals surface area contributed by atoms with Crippen LogP contribution in [0.2, 0.25) is 0 Å². The van der Waals surface area contributed by atoms with Crippen LogP contribution in [-0.4, -0.2) is 32.9 Å². The first kappa shape index (κ1) is 24.2. The Balaban J connectivity index is 1.65. The first-order chi connectivity index (χ1) is 16.0. The average molecular weight is 448 g/mol. The van der Waals surface area contributed by atoms with E-state index in [1.807, 2.05) is 36.4 Å². The Labute approximate surface area is 193 Å². The van der Waals surface area contributed by atoms with Crippen molar-refractivity contribution in [3.8, 4) is 5.75 Å². The lowest BCUT2D eigenvalue weighted by atomic mass is 10.0. The molecular formula is C27H29NO5. The second-order valence-electron chi connectivity index (χ2n) is 7.78. The number of carbonyl (C=O) groups is 1. The van der Waals surface area contributed by atoms with Gasteiger partial charge in [-0.1, -0.05) is 43.7 Å². The summed E-state index contributed by atoms with van der Waals surface area (Å²) in [5.41, 5.74) is 2.68. The van der Waals surface area contributed by atoms with Crippen LogP contribution in [0, 0.1) is 0 Å². The first-order valence-corrected chi connectivity index (χ1v) is 11.0. The average Bonchev–Trinajstić information content (AvgIpc) is 2.83. The van der Waals surface area contributed by atoms with Gasteiger partial charge in [-0.2, -0.15) is 0 Å². The SMILES string of the molecule is CCCCOc1cccc(C(O)/C=C/c2cccc(CC(O)c3cccc(C(=O)O)c3)n2)c1. The van der Waals surface area contributed by atoms with Crippen molar-refractivity contribution in [2.75, 3.05) is 6.61 Å². The maximum Gasteiger partial charge on any atom is 0.335 e. The number of benzene rings is 2. The van der Waals surface area contributed by atoms with E-state index in [1.165, 1.54) is 12.1 Å². The van der Waals surface area contributed by atoms with Crippen molar-refractivity contribution in [1.29, 1.82) is 0 Å². The smallest absolute Gasteiger partial charge is 0.335 e. The highest BCUT2D eigenvalue weighted by molar-refractivity contribution is 5.87. The molecule has 0 aliphatic rings. The van der Waals surface area contributed by atoms with E-state index in [9.17, 15) is 15.0 Å². The molecule has 1 aromatic heterocycles. The number of aliphatic hydroxyl groups excluding tert-OH is 2. The molecule has 2 atom stereocenters. The molecule has 6 nitrogen and oxygen atoms in total. The van der Waals surface area contributed by atoms with Crippen molar-refractivity contribution >= 4 is 12.0 Å². The minimum atomic E-state index is -1.04. The molecule has 3 N–H and O–H groups in total. The Morgan fingerprint density at radius 2 is 1.79 bits per heavy atom. The molecule has 0 spiro atoms. The number of carboxylic acid groups (broad SMARTS) is 1. The number of ether oxygens (including phenoxy) is 1. The highest BCUT2D eigenvalue weighted by Gasteiger charge is 2.12. The van der Waals surface area contributed by atoms with E-state index in [4.69, 9.17) is 9.84 Å². The van der Waals surface area contributed by atoms with Crippen LogP contribution in [0.5, 0.6) is 5.75 Å². The molecule has 0 saturated heterocycles. The molecule has 0 saturated carbocycles. The van der Waals surface area contributed by atoms with E-state index in [2.05, 4.69) is 11.9 Å². The van der Waals surface area contributed by atoms with Crippen molar-refractivity contribution in [3.63, 3.8) is 0 Å². The summed E-state index contributed by atoms with van der Waals surface area (Å²) >= 11 is 0. The zero-order valence-electron chi connectivity index (χ0n) is 18.6. The zero-order valence-corrected chi connectivity index (χ0v) is 18.6. The minimum absolute atomic E-state index is 0.130. The molecule has 0 bridgehead atoms. The lowest BCUT2D eigenvalue weighted by molar-refractivity contribution is 0.0696. The number of aliphatic hydroxyl groups is 2. The molecule has 0 amide bonds. The van der Waals surface area contributed by atoms with Crippen LogP contribution < -0.4 is 4.74 Å². The molecule has 172 valence electrons. The van der Waals surface area contributed by atoms with Gasteiger partial charge in [0.25, 0.3) is 0 Å². The van der Waals surface area contributed by atoms with E-state index >= 15 is 0 Å². The molecule has 0 radical (unpaired) electrons. The van der Waals surface area contributed by atoms with Crippen LogP contribution in [-0.2, 0) is 6.42 Å². The van der Waals surface area contributed by atoms with Crippen molar-refractivity contribution in [3.05, 3.63) is 101 Å². The fourth-order valence-electron chi connectivity index (χ4n) is 3.32. The normalized spacial score (nSPS) is 13.1. The summed E-state index contributed by atoms with van der Waals surface area (Å²) in [7, 11) is 0. The molecule has 6 heteroatoms. The number of aromatic carboxylic acids is 1. The van der Waals surface area contributed by atoms with Crippen LogP contribution in [0.15, 0.2) is 72.8 Å². The standard InChI is InChI=1S/C27H29NO5/c1-2-3-15-33-24-12-5-8-20(17-24)25(29)14-13-22-10-6-11-23(28-22)18-26(30)19-7-4-9-21(16-19)27(31)32/h4-14,16-17,25-26,29-30H,2-3,15,18H2,1H3,(H,31,32)/b14-13+. The quantitative estimate of drug-likeness (QED) is 0.359. The monoisotopic (exact) mass is 447 g/mol. The Morgan fingerprint density at radius 1 is 1.03 bits per heavy atom. The largest absolute Gasteiger partial charge is 0.494 e. The van der Waals surface area contributed by atoms with Crippen molar-refractivity contribution in [2.45, 2.75) is 38.4 Å². The predicted octanol–water partition coefficient (Wildman–Crippen LogP) is 4.98. The van der Waals surface area contributed by atoms with E-state index in [0.29, 0.717) is 23.6 Å². The lowest BCUT2D eigenvalue weighted by Gasteiger charge is -2.12. The van der Waals surface area contributed by atoms with Gasteiger partial charge in [0.15, 0.2) is 0 Å². The number of nitrogens with zero attached hydrogens (tertiary/aromatic N) is 1. The molecule has 2 aromatic carbocycles. The number of carboxylic acids is 1. The van der Waals surface area contributed by atoms with Gasteiger partial charge in [-0.05, 0) is 66.1 Å². The second-order valence-corrected chi connectivity index (χ2v) is 7.78. The Hall–Kier alpha value is -3.48. The van der Waals surface area contributed by atoms with E-state index in [-0.39, 0.29) is 12.0 Å². The highest BCUT2D eigenvalue weighted by Crippen LogP contribution is 2.22. The second kappa shape index (κ2) is 11.9. The van der Waals surface area contributed by atoms with E-state index < -0.39 is 18.2 Å². The van der Waals surface area contributed by atoms with Gasteiger partial charge in [-0.15, -0.1) is 0 Å².